The van der Waals surface area contributed by atoms with Crippen LogP contribution >= 0.6 is 0 Å². The van der Waals surface area contributed by atoms with E-state index in [0.717, 1.165) is 10.8 Å². The van der Waals surface area contributed by atoms with Gasteiger partial charge in [0.05, 0.1) is 11.3 Å². The number of anilines is 2. The third-order valence-electron chi connectivity index (χ3n) is 4.10. The number of carbonyl (C=O) groups excluding carboxylic acids is 1. The summed E-state index contributed by atoms with van der Waals surface area (Å²) in [5.41, 5.74) is 5.62. The lowest BCUT2D eigenvalue weighted by Crippen LogP contribution is -2.26. The molecule has 2 aromatic carbocycles. The average Bonchev–Trinajstić information content (AvgIpc) is 2.71. The molecule has 158 valence electrons. The molecule has 0 bridgehead atoms. The predicted octanol–water partition coefficient (Wildman–Crippen LogP) is 1.08. The number of rotatable bonds is 8. The predicted molar refractivity (Wildman–Crippen MR) is 112 cm³/mol. The Morgan fingerprint density at radius 2 is 1.83 bits per heavy atom. The van der Waals surface area contributed by atoms with Crippen molar-refractivity contribution in [3.63, 3.8) is 0 Å². The second-order valence-electron chi connectivity index (χ2n) is 6.62. The minimum atomic E-state index is -3.75. The van der Waals surface area contributed by atoms with E-state index in [0.29, 0.717) is 5.95 Å². The maximum atomic E-state index is 12.5. The van der Waals surface area contributed by atoms with Gasteiger partial charge in [-0.15, -0.1) is 0 Å². The van der Waals surface area contributed by atoms with E-state index in [1.807, 2.05) is 24.3 Å². The van der Waals surface area contributed by atoms with Crippen molar-refractivity contribution in [1.82, 2.24) is 19.7 Å². The highest BCUT2D eigenvalue weighted by atomic mass is 32.2. The molecule has 0 atom stereocenters. The Morgan fingerprint density at radius 1 is 1.10 bits per heavy atom. The van der Waals surface area contributed by atoms with Gasteiger partial charge in [-0.2, -0.15) is 15.0 Å². The number of nitrogens with zero attached hydrogens (tertiary/aromatic N) is 4. The Labute approximate surface area is 174 Å². The highest BCUT2D eigenvalue weighted by Gasteiger charge is 2.15. The van der Waals surface area contributed by atoms with Crippen LogP contribution in [0.4, 0.5) is 11.9 Å². The summed E-state index contributed by atoms with van der Waals surface area (Å²) in [5.74, 6) is -0.0301. The molecular weight excluding hydrogens is 408 g/mol. The van der Waals surface area contributed by atoms with Crippen molar-refractivity contribution in [2.75, 3.05) is 31.3 Å². The number of nitrogen functional groups attached to an aromatic ring is 1. The van der Waals surface area contributed by atoms with E-state index < -0.39 is 16.0 Å². The zero-order valence-electron chi connectivity index (χ0n) is 16.6. The number of benzene rings is 2. The molecule has 0 amide bonds. The van der Waals surface area contributed by atoms with Crippen LogP contribution in [-0.2, 0) is 26.2 Å². The number of hydrogen-bond acceptors (Lipinski definition) is 9. The summed E-state index contributed by atoms with van der Waals surface area (Å²) < 4.78 is 32.4. The number of aromatic nitrogens is 3. The third-order valence-corrected chi connectivity index (χ3v) is 5.56. The maximum absolute atomic E-state index is 12.5. The van der Waals surface area contributed by atoms with Gasteiger partial charge >= 0.3 is 5.97 Å². The van der Waals surface area contributed by atoms with Gasteiger partial charge in [0.2, 0.25) is 21.9 Å². The maximum Gasteiger partial charge on any atom is 0.307 e. The fraction of sp³-hybridized carbons (Fsp3) is 0.263. The first kappa shape index (κ1) is 21.4. The molecule has 3 aromatic rings. The van der Waals surface area contributed by atoms with Gasteiger partial charge in [-0.1, -0.05) is 30.3 Å². The molecule has 11 heteroatoms. The lowest BCUT2D eigenvalue weighted by Gasteiger charge is -2.11. The van der Waals surface area contributed by atoms with Gasteiger partial charge in [0, 0.05) is 20.6 Å². The highest BCUT2D eigenvalue weighted by molar-refractivity contribution is 7.89. The molecule has 0 radical (unpaired) electrons. The van der Waals surface area contributed by atoms with Crippen LogP contribution in [0.2, 0.25) is 0 Å². The van der Waals surface area contributed by atoms with Crippen molar-refractivity contribution in [2.24, 2.45) is 0 Å². The first-order valence-electron chi connectivity index (χ1n) is 9.06. The van der Waals surface area contributed by atoms with E-state index in [1.54, 1.807) is 31.1 Å². The van der Waals surface area contributed by atoms with Crippen molar-refractivity contribution in [3.05, 3.63) is 48.3 Å². The average molecular weight is 430 g/mol. The van der Waals surface area contributed by atoms with Crippen molar-refractivity contribution in [2.45, 2.75) is 17.9 Å². The number of nitrogens with two attached hydrogens (primary N) is 1. The fourth-order valence-corrected chi connectivity index (χ4v) is 3.68. The summed E-state index contributed by atoms with van der Waals surface area (Å²) in [7, 11) is -0.264. The van der Waals surface area contributed by atoms with Crippen LogP contribution in [0.15, 0.2) is 47.4 Å². The minimum Gasteiger partial charge on any atom is -0.457 e. The number of hydrogen-bond donors (Lipinski definition) is 2. The van der Waals surface area contributed by atoms with Crippen molar-refractivity contribution < 1.29 is 17.9 Å². The highest BCUT2D eigenvalue weighted by Crippen LogP contribution is 2.18. The Morgan fingerprint density at radius 3 is 2.57 bits per heavy atom. The number of esters is 1. The van der Waals surface area contributed by atoms with Crippen LogP contribution in [0.1, 0.15) is 12.2 Å². The second kappa shape index (κ2) is 9.01. The van der Waals surface area contributed by atoms with Crippen LogP contribution in [0.25, 0.3) is 10.8 Å². The molecule has 10 nitrogen and oxygen atoms in total. The summed E-state index contributed by atoms with van der Waals surface area (Å²) in [5, 5.41) is 1.75. The van der Waals surface area contributed by atoms with Crippen LogP contribution in [0.3, 0.4) is 0 Å². The summed E-state index contributed by atoms with van der Waals surface area (Å²) in [6.07, 6.45) is -0.145. The molecule has 1 heterocycles. The molecule has 3 N–H and O–H groups in total. The summed E-state index contributed by atoms with van der Waals surface area (Å²) in [6.45, 7) is -0.292. The lowest BCUT2D eigenvalue weighted by atomic mass is 10.1. The van der Waals surface area contributed by atoms with Crippen molar-refractivity contribution in [1.29, 1.82) is 0 Å². The monoisotopic (exact) mass is 430 g/mol. The molecule has 0 aliphatic carbocycles. The largest absolute Gasteiger partial charge is 0.457 e. The van der Waals surface area contributed by atoms with Gasteiger partial charge in [0.25, 0.3) is 0 Å². The van der Waals surface area contributed by atoms with Gasteiger partial charge in [-0.3, -0.25) is 4.79 Å². The van der Waals surface area contributed by atoms with Crippen molar-refractivity contribution in [3.8, 4) is 0 Å². The summed E-state index contributed by atoms with van der Waals surface area (Å²) in [6, 6.07) is 12.3. The second-order valence-corrected chi connectivity index (χ2v) is 8.39. The first-order valence-corrected chi connectivity index (χ1v) is 10.5. The smallest absolute Gasteiger partial charge is 0.307 e. The molecule has 3 rings (SSSR count). The van der Waals surface area contributed by atoms with Crippen molar-refractivity contribution >= 4 is 38.7 Å². The number of nitrogens with one attached hydrogen (secondary N) is 1. The number of fused-ring (bicyclic) bond motifs is 1. The fourth-order valence-electron chi connectivity index (χ4n) is 2.61. The molecule has 0 saturated carbocycles. The minimum absolute atomic E-state index is 0.0166. The Hall–Kier alpha value is -3.31. The number of ether oxygens (including phenoxy) is 1. The molecular formula is C19H22N6O4S. The van der Waals surface area contributed by atoms with E-state index in [-0.39, 0.29) is 36.2 Å². The number of carbonyl (C=O) groups is 1. The molecule has 1 aromatic heterocycles. The standard InChI is InChI=1S/C19H22N6O4S/c1-25(2)19-23-16(22-18(20)24-19)12-29-17(26)9-10-21-30(27,28)15-8-7-13-5-3-4-6-14(13)11-15/h3-8,11,21H,9-10,12H2,1-2H3,(H2,20,22,23,24). The Kier molecular flexibility index (Phi) is 6.43. The van der Waals surface area contributed by atoms with E-state index in [2.05, 4.69) is 19.7 Å². The summed E-state index contributed by atoms with van der Waals surface area (Å²) in [4.78, 5) is 25.7. The van der Waals surface area contributed by atoms with E-state index >= 15 is 0 Å². The quantitative estimate of drug-likeness (QED) is 0.502. The van der Waals surface area contributed by atoms with Crippen LogP contribution in [-0.4, -0.2) is 50.0 Å². The third kappa shape index (κ3) is 5.39. The molecule has 30 heavy (non-hydrogen) atoms. The van der Waals surface area contributed by atoms with Gasteiger partial charge in [0.15, 0.2) is 12.4 Å². The molecule has 0 spiro atoms. The van der Waals surface area contributed by atoms with E-state index in [1.165, 1.54) is 6.07 Å². The molecule has 0 aliphatic rings. The van der Waals surface area contributed by atoms with Gasteiger partial charge < -0.3 is 15.4 Å². The van der Waals surface area contributed by atoms with Gasteiger partial charge in [-0.25, -0.2) is 13.1 Å². The van der Waals surface area contributed by atoms with E-state index in [9.17, 15) is 13.2 Å². The topological polar surface area (TPSA) is 140 Å². The van der Waals surface area contributed by atoms with Crippen LogP contribution in [0, 0.1) is 0 Å². The molecule has 0 saturated heterocycles. The van der Waals surface area contributed by atoms with Crippen LogP contribution in [0.5, 0.6) is 0 Å². The first-order chi connectivity index (χ1) is 14.2. The van der Waals surface area contributed by atoms with Gasteiger partial charge in [-0.05, 0) is 22.9 Å². The van der Waals surface area contributed by atoms with E-state index in [4.69, 9.17) is 10.5 Å². The molecule has 0 unspecified atom stereocenters. The zero-order valence-corrected chi connectivity index (χ0v) is 17.4. The van der Waals surface area contributed by atoms with Gasteiger partial charge in [0.1, 0.15) is 0 Å². The lowest BCUT2D eigenvalue weighted by molar-refractivity contribution is -0.145. The van der Waals surface area contributed by atoms with Crippen LogP contribution < -0.4 is 15.4 Å². The zero-order chi connectivity index (χ0) is 21.7. The molecule has 0 aliphatic heterocycles. The SMILES string of the molecule is CN(C)c1nc(N)nc(COC(=O)CCNS(=O)(=O)c2ccc3ccccc3c2)n1. The summed E-state index contributed by atoms with van der Waals surface area (Å²) >= 11 is 0. The number of sulfonamides is 1. The Balaban J connectivity index is 1.53. The normalized spacial score (nSPS) is 11.4. The molecule has 0 fully saturated rings. The Bertz CT molecular complexity index is 1170.